The molecule has 5 rings (SSSR count). The van der Waals surface area contributed by atoms with Crippen molar-refractivity contribution in [3.63, 3.8) is 0 Å². The van der Waals surface area contributed by atoms with Crippen molar-refractivity contribution in [3.8, 4) is 0 Å². The van der Waals surface area contributed by atoms with E-state index in [1.165, 1.54) is 49.9 Å². The zero-order chi connectivity index (χ0) is 15.2. The van der Waals surface area contributed by atoms with Gasteiger partial charge in [0.25, 0.3) is 0 Å². The fraction of sp³-hybridized carbons (Fsp3) is 0.706. The maximum absolute atomic E-state index is 5.80. The Morgan fingerprint density at radius 3 is 2.96 bits per heavy atom. The SMILES string of the molecule is c1nc2c(n1[C@@H]1CCN(Cc3nnc(C4CC4)o3)C1)CCCC2. The van der Waals surface area contributed by atoms with E-state index in [9.17, 15) is 0 Å². The average molecular weight is 313 g/mol. The second-order valence-corrected chi connectivity index (χ2v) is 7.24. The predicted molar refractivity (Wildman–Crippen MR) is 84.1 cm³/mol. The minimum absolute atomic E-state index is 0.542. The van der Waals surface area contributed by atoms with Crippen LogP contribution in [0.15, 0.2) is 10.7 Å². The van der Waals surface area contributed by atoms with Crippen LogP contribution in [-0.2, 0) is 19.4 Å². The van der Waals surface area contributed by atoms with E-state index in [0.717, 1.165) is 37.8 Å². The summed E-state index contributed by atoms with van der Waals surface area (Å²) in [4.78, 5) is 7.08. The van der Waals surface area contributed by atoms with Crippen LogP contribution in [0.5, 0.6) is 0 Å². The van der Waals surface area contributed by atoms with Crippen LogP contribution in [0, 0.1) is 0 Å². The molecule has 0 N–H and O–H groups in total. The molecule has 0 spiro atoms. The summed E-state index contributed by atoms with van der Waals surface area (Å²) in [5.74, 6) is 2.17. The van der Waals surface area contributed by atoms with Crippen molar-refractivity contribution in [2.45, 2.75) is 63.5 Å². The van der Waals surface area contributed by atoms with Crippen LogP contribution < -0.4 is 0 Å². The van der Waals surface area contributed by atoms with Crippen LogP contribution in [0.1, 0.15) is 67.2 Å². The molecule has 6 heteroatoms. The van der Waals surface area contributed by atoms with Crippen molar-refractivity contribution >= 4 is 0 Å². The molecule has 122 valence electrons. The molecule has 2 aliphatic carbocycles. The zero-order valence-electron chi connectivity index (χ0n) is 13.4. The summed E-state index contributed by atoms with van der Waals surface area (Å²) < 4.78 is 8.25. The van der Waals surface area contributed by atoms with E-state index < -0.39 is 0 Å². The van der Waals surface area contributed by atoms with Crippen molar-refractivity contribution in [3.05, 3.63) is 29.5 Å². The van der Waals surface area contributed by atoms with Gasteiger partial charge in [-0.2, -0.15) is 0 Å². The second-order valence-electron chi connectivity index (χ2n) is 7.24. The van der Waals surface area contributed by atoms with Gasteiger partial charge in [0.05, 0.1) is 18.6 Å². The third-order valence-electron chi connectivity index (χ3n) is 5.47. The number of hydrogen-bond acceptors (Lipinski definition) is 5. The lowest BCUT2D eigenvalue weighted by atomic mass is 10.0. The van der Waals surface area contributed by atoms with Crippen molar-refractivity contribution in [2.24, 2.45) is 0 Å². The lowest BCUT2D eigenvalue weighted by Crippen LogP contribution is -2.22. The van der Waals surface area contributed by atoms with Crippen molar-refractivity contribution in [1.82, 2.24) is 24.6 Å². The molecule has 2 fully saturated rings. The molecule has 23 heavy (non-hydrogen) atoms. The van der Waals surface area contributed by atoms with Gasteiger partial charge in [0.2, 0.25) is 11.8 Å². The minimum atomic E-state index is 0.542. The summed E-state index contributed by atoms with van der Waals surface area (Å²) in [6.45, 7) is 2.94. The molecule has 0 amide bonds. The van der Waals surface area contributed by atoms with Crippen molar-refractivity contribution in [2.75, 3.05) is 13.1 Å². The van der Waals surface area contributed by atoms with Crippen LogP contribution in [-0.4, -0.2) is 37.7 Å². The molecular weight excluding hydrogens is 290 g/mol. The smallest absolute Gasteiger partial charge is 0.230 e. The Bertz CT molecular complexity index is 702. The summed E-state index contributed by atoms with van der Waals surface area (Å²) in [7, 11) is 0. The molecule has 3 aliphatic rings. The number of aromatic nitrogens is 4. The van der Waals surface area contributed by atoms with Crippen LogP contribution in [0.3, 0.4) is 0 Å². The van der Waals surface area contributed by atoms with Gasteiger partial charge in [0.15, 0.2) is 0 Å². The number of hydrogen-bond donors (Lipinski definition) is 0. The van der Waals surface area contributed by atoms with Gasteiger partial charge < -0.3 is 8.98 Å². The summed E-state index contributed by atoms with van der Waals surface area (Å²) in [6.07, 6.45) is 10.6. The molecule has 2 aromatic heterocycles. The zero-order valence-corrected chi connectivity index (χ0v) is 13.4. The lowest BCUT2D eigenvalue weighted by Gasteiger charge is -2.19. The third-order valence-corrected chi connectivity index (χ3v) is 5.47. The Balaban J connectivity index is 1.26. The molecule has 2 aromatic rings. The van der Waals surface area contributed by atoms with Gasteiger partial charge in [0.1, 0.15) is 0 Å². The van der Waals surface area contributed by atoms with Gasteiger partial charge in [-0.05, 0) is 44.9 Å². The number of aryl methyl sites for hydroxylation is 1. The highest BCUT2D eigenvalue weighted by Gasteiger charge is 2.31. The Morgan fingerprint density at radius 2 is 2.04 bits per heavy atom. The normalized spacial score (nSPS) is 25.0. The number of rotatable bonds is 4. The number of likely N-dealkylation sites (tertiary alicyclic amines) is 1. The molecule has 0 bridgehead atoms. The molecule has 3 heterocycles. The third kappa shape index (κ3) is 2.59. The molecule has 1 saturated carbocycles. The summed E-state index contributed by atoms with van der Waals surface area (Å²) in [5, 5.41) is 8.41. The number of imidazole rings is 1. The molecule has 1 aliphatic heterocycles. The average Bonchev–Trinajstić information content (AvgIpc) is 3.00. The fourth-order valence-electron chi connectivity index (χ4n) is 4.01. The van der Waals surface area contributed by atoms with Gasteiger partial charge >= 0.3 is 0 Å². The molecule has 0 radical (unpaired) electrons. The van der Waals surface area contributed by atoms with Crippen LogP contribution in [0.2, 0.25) is 0 Å². The fourth-order valence-corrected chi connectivity index (χ4v) is 4.01. The molecule has 1 atom stereocenters. The van der Waals surface area contributed by atoms with E-state index in [1.54, 1.807) is 0 Å². The van der Waals surface area contributed by atoms with E-state index in [2.05, 4.69) is 31.0 Å². The summed E-state index contributed by atoms with van der Waals surface area (Å²) in [5.41, 5.74) is 2.82. The highest BCUT2D eigenvalue weighted by atomic mass is 16.4. The van der Waals surface area contributed by atoms with E-state index in [-0.39, 0.29) is 0 Å². The van der Waals surface area contributed by atoms with Crippen molar-refractivity contribution < 1.29 is 4.42 Å². The Hall–Kier alpha value is -1.69. The van der Waals surface area contributed by atoms with Gasteiger partial charge in [0, 0.05) is 30.7 Å². The van der Waals surface area contributed by atoms with Crippen LogP contribution >= 0.6 is 0 Å². The topological polar surface area (TPSA) is 60.0 Å². The first kappa shape index (κ1) is 13.7. The van der Waals surface area contributed by atoms with Gasteiger partial charge in [-0.3, -0.25) is 4.90 Å². The standard InChI is InChI=1S/C17H23N5O/c1-2-4-15-14(3-1)18-11-22(15)13-7-8-21(9-13)10-16-19-20-17(23-16)12-5-6-12/h11-13H,1-10H2/t13-/m1/s1. The number of nitrogens with zero attached hydrogens (tertiary/aromatic N) is 5. The Morgan fingerprint density at radius 1 is 1.13 bits per heavy atom. The first-order valence-electron chi connectivity index (χ1n) is 8.96. The van der Waals surface area contributed by atoms with E-state index in [4.69, 9.17) is 4.42 Å². The maximum Gasteiger partial charge on any atom is 0.230 e. The molecular formula is C17H23N5O. The number of fused-ring (bicyclic) bond motifs is 1. The van der Waals surface area contributed by atoms with Gasteiger partial charge in [-0.25, -0.2) is 4.98 Å². The van der Waals surface area contributed by atoms with Gasteiger partial charge in [-0.1, -0.05) is 0 Å². The van der Waals surface area contributed by atoms with E-state index >= 15 is 0 Å². The molecule has 0 aromatic carbocycles. The predicted octanol–water partition coefficient (Wildman–Crippen LogP) is 2.47. The first-order valence-corrected chi connectivity index (χ1v) is 8.96. The molecule has 6 nitrogen and oxygen atoms in total. The van der Waals surface area contributed by atoms with Crippen LogP contribution in [0.4, 0.5) is 0 Å². The minimum Gasteiger partial charge on any atom is -0.424 e. The first-order chi connectivity index (χ1) is 11.4. The van der Waals surface area contributed by atoms with E-state index in [1.807, 2.05) is 0 Å². The van der Waals surface area contributed by atoms with Crippen molar-refractivity contribution in [1.29, 1.82) is 0 Å². The second kappa shape index (κ2) is 5.44. The highest BCUT2D eigenvalue weighted by Crippen LogP contribution is 2.39. The Kier molecular flexibility index (Phi) is 3.25. The monoisotopic (exact) mass is 313 g/mol. The Labute approximate surface area is 135 Å². The summed E-state index contributed by atoms with van der Waals surface area (Å²) >= 11 is 0. The van der Waals surface area contributed by atoms with Gasteiger partial charge in [-0.15, -0.1) is 10.2 Å². The summed E-state index contributed by atoms with van der Waals surface area (Å²) in [6, 6.07) is 0.551. The highest BCUT2D eigenvalue weighted by molar-refractivity contribution is 5.17. The molecule has 1 saturated heterocycles. The maximum atomic E-state index is 5.80. The molecule has 0 unspecified atom stereocenters. The quantitative estimate of drug-likeness (QED) is 0.868. The van der Waals surface area contributed by atoms with E-state index in [0.29, 0.717) is 12.0 Å². The van der Waals surface area contributed by atoms with Crippen LogP contribution in [0.25, 0.3) is 0 Å². The lowest BCUT2D eigenvalue weighted by molar-refractivity contribution is 0.275. The largest absolute Gasteiger partial charge is 0.424 e.